The molecule has 14 heteroatoms. The molecule has 330 valence electrons. The molecule has 8 N–H and O–H groups in total. The lowest BCUT2D eigenvalue weighted by molar-refractivity contribution is -0.128. The number of fused-ring (bicyclic) bond motifs is 9. The molecule has 4 aromatic rings. The van der Waals surface area contributed by atoms with Crippen LogP contribution in [0.1, 0.15) is 92.3 Å². The molecule has 0 amide bonds. The number of aliphatic hydroxyl groups excluding tert-OH is 4. The molecule has 12 nitrogen and oxygen atoms in total. The third-order valence-corrected chi connectivity index (χ3v) is 14.6. The topological polar surface area (TPSA) is 198 Å². The summed E-state index contributed by atoms with van der Waals surface area (Å²) in [6.45, 7) is 1.76. The molecule has 3 aliphatic rings. The first-order valence-electron chi connectivity index (χ1n) is 21.3. The number of aromatic hydroxyl groups is 2. The van der Waals surface area contributed by atoms with Crippen molar-refractivity contribution in [2.75, 3.05) is 38.7 Å². The Bertz CT molecular complexity index is 2130. The Hall–Kier alpha value is -3.86. The molecule has 1 fully saturated rings. The first kappa shape index (κ1) is 46.6. The summed E-state index contributed by atoms with van der Waals surface area (Å²) < 4.78 is 12.9. The van der Waals surface area contributed by atoms with E-state index in [4.69, 9.17) is 9.47 Å². The SMILES string of the molecule is COc1c(O)ccc2c1-c1ccc3ccc(O)cc3c1CSSC1CCC(CC1O)C(OC(NCCCCO)c1cc(CO)c(NCC(C)=O)cc1CCCO)CC(=O)CC2. The summed E-state index contributed by atoms with van der Waals surface area (Å²) in [6.07, 6.45) is 2.69. The zero-order chi connectivity index (χ0) is 43.5. The molecule has 0 spiro atoms. The summed E-state index contributed by atoms with van der Waals surface area (Å²) in [5, 5.41) is 71.7. The quantitative estimate of drug-likeness (QED) is 0.0322. The van der Waals surface area contributed by atoms with Gasteiger partial charge >= 0.3 is 0 Å². The van der Waals surface area contributed by atoms with E-state index in [0.29, 0.717) is 79.8 Å². The molecule has 0 radical (unpaired) electrons. The average Bonchev–Trinajstić information content (AvgIpc) is 3.25. The van der Waals surface area contributed by atoms with Gasteiger partial charge in [0.25, 0.3) is 0 Å². The van der Waals surface area contributed by atoms with Crippen molar-refractivity contribution >= 4 is 49.6 Å². The van der Waals surface area contributed by atoms with Crippen LogP contribution in [0.3, 0.4) is 0 Å². The zero-order valence-electron chi connectivity index (χ0n) is 35.0. The molecule has 0 saturated heterocycles. The fraction of sp³-hybridized carbons (Fsp3) is 0.489. The molecular formula is C47H60N2O10S2. The third kappa shape index (κ3) is 11.8. The maximum atomic E-state index is 14.3. The number of aliphatic hydroxyl groups is 4. The van der Waals surface area contributed by atoms with Gasteiger partial charge in [0.05, 0.1) is 32.5 Å². The van der Waals surface area contributed by atoms with Crippen LogP contribution in [0, 0.1) is 5.92 Å². The van der Waals surface area contributed by atoms with Crippen LogP contribution < -0.4 is 15.4 Å². The maximum absolute atomic E-state index is 14.3. The van der Waals surface area contributed by atoms with E-state index in [-0.39, 0.29) is 73.4 Å². The van der Waals surface area contributed by atoms with Crippen molar-refractivity contribution in [2.45, 2.75) is 107 Å². The summed E-state index contributed by atoms with van der Waals surface area (Å²) in [5.41, 5.74) is 6.08. The van der Waals surface area contributed by atoms with Crippen molar-refractivity contribution in [1.29, 1.82) is 0 Å². The summed E-state index contributed by atoms with van der Waals surface area (Å²) in [4.78, 5) is 26.2. The second kappa shape index (κ2) is 22.5. The Kier molecular flexibility index (Phi) is 17.2. The molecule has 5 atom stereocenters. The molecule has 4 aromatic carbocycles. The van der Waals surface area contributed by atoms with E-state index in [1.165, 1.54) is 14.0 Å². The van der Waals surface area contributed by atoms with E-state index in [0.717, 1.165) is 45.0 Å². The lowest BCUT2D eigenvalue weighted by Crippen LogP contribution is -2.40. The molecule has 2 heterocycles. The van der Waals surface area contributed by atoms with Crippen molar-refractivity contribution in [3.63, 3.8) is 0 Å². The molecule has 61 heavy (non-hydrogen) atoms. The largest absolute Gasteiger partial charge is 0.508 e. The molecule has 1 aliphatic carbocycles. The van der Waals surface area contributed by atoms with Gasteiger partial charge in [0.2, 0.25) is 0 Å². The number of Topliss-reactive ketones (excluding diaryl/α,β-unsaturated/α-hetero) is 2. The number of rotatable bonds is 16. The Morgan fingerprint density at radius 3 is 2.49 bits per heavy atom. The Morgan fingerprint density at radius 2 is 1.75 bits per heavy atom. The predicted molar refractivity (Wildman–Crippen MR) is 242 cm³/mol. The molecule has 2 bridgehead atoms. The number of hydrogen-bond donors (Lipinski definition) is 8. The lowest BCUT2D eigenvalue weighted by atomic mass is 9.81. The Labute approximate surface area is 365 Å². The number of anilines is 1. The minimum atomic E-state index is -0.735. The van der Waals surface area contributed by atoms with Gasteiger partial charge in [0.1, 0.15) is 23.5 Å². The molecule has 5 unspecified atom stereocenters. The Morgan fingerprint density at radius 1 is 0.951 bits per heavy atom. The van der Waals surface area contributed by atoms with E-state index < -0.39 is 18.4 Å². The molecule has 1 saturated carbocycles. The first-order chi connectivity index (χ1) is 29.5. The predicted octanol–water partition coefficient (Wildman–Crippen LogP) is 7.11. The maximum Gasteiger partial charge on any atom is 0.168 e. The van der Waals surface area contributed by atoms with Crippen molar-refractivity contribution in [2.24, 2.45) is 5.92 Å². The number of carbonyl (C=O) groups is 2. The fourth-order valence-corrected chi connectivity index (χ4v) is 11.5. The van der Waals surface area contributed by atoms with Crippen LogP contribution in [0.25, 0.3) is 21.9 Å². The number of unbranched alkanes of at least 4 members (excludes halogenated alkanes) is 1. The van der Waals surface area contributed by atoms with E-state index in [1.54, 1.807) is 39.8 Å². The molecule has 7 rings (SSSR count). The van der Waals surface area contributed by atoms with Gasteiger partial charge in [-0.25, -0.2) is 0 Å². The second-order valence-electron chi connectivity index (χ2n) is 16.1. The van der Waals surface area contributed by atoms with Crippen LogP contribution in [-0.2, 0) is 39.5 Å². The number of nitrogens with one attached hydrogen (secondary N) is 2. The summed E-state index contributed by atoms with van der Waals surface area (Å²) >= 11 is 0. The second-order valence-corrected chi connectivity index (χ2v) is 18.7. The highest BCUT2D eigenvalue weighted by Crippen LogP contribution is 2.48. The molecule has 0 aromatic heterocycles. The number of hydrogen-bond acceptors (Lipinski definition) is 14. The van der Waals surface area contributed by atoms with Gasteiger partial charge in [-0.05, 0) is 140 Å². The number of methoxy groups -OCH3 is 1. The number of ketones is 2. The normalized spacial score (nSPS) is 20.3. The van der Waals surface area contributed by atoms with Gasteiger partial charge < -0.3 is 45.4 Å². The summed E-state index contributed by atoms with van der Waals surface area (Å²) in [7, 11) is 4.79. The highest BCUT2D eigenvalue weighted by atomic mass is 33.1. The van der Waals surface area contributed by atoms with Crippen LogP contribution in [0.15, 0.2) is 54.6 Å². The molecular weight excluding hydrogens is 817 g/mol. The van der Waals surface area contributed by atoms with E-state index in [1.807, 2.05) is 36.4 Å². The van der Waals surface area contributed by atoms with Gasteiger partial charge in [-0.2, -0.15) is 0 Å². The summed E-state index contributed by atoms with van der Waals surface area (Å²) in [5.74, 6) is 0.718. The fourth-order valence-electron chi connectivity index (χ4n) is 8.62. The number of phenols is 2. The van der Waals surface area contributed by atoms with E-state index in [9.17, 15) is 40.2 Å². The minimum absolute atomic E-state index is 0.0252. The minimum Gasteiger partial charge on any atom is -0.508 e. The number of phenolic OH excluding ortho intramolecular Hbond substituents is 2. The van der Waals surface area contributed by atoms with Gasteiger partial charge in [-0.1, -0.05) is 45.9 Å². The van der Waals surface area contributed by atoms with Gasteiger partial charge in [0.15, 0.2) is 11.5 Å². The van der Waals surface area contributed by atoms with Crippen molar-refractivity contribution < 1.29 is 49.7 Å². The highest BCUT2D eigenvalue weighted by Gasteiger charge is 2.37. The standard InChI is InChI=1S/C47H60N2O10S2/c1-28(53)25-49-40-21-31(6-5-19-51)38(20-33(40)26-52)47(48-17-3-4-18-50)59-43-24-35(55)13-8-30-10-15-41(56)46(58-2)45(30)36-14-9-29-7-12-34(54)23-37(29)39(36)27-60-61-44-16-11-32(43)22-42(44)57/h7,9-10,12,14-15,20-21,23,32,42-44,47-52,54,56-57H,3-6,8,11,13,16-19,22,24-27H2,1-2H3. The van der Waals surface area contributed by atoms with Crippen LogP contribution >= 0.6 is 21.6 Å². The number of aryl methyl sites for hydroxylation is 2. The van der Waals surface area contributed by atoms with Crippen molar-refractivity contribution in [3.05, 3.63) is 82.4 Å². The van der Waals surface area contributed by atoms with Gasteiger partial charge in [-0.15, -0.1) is 0 Å². The summed E-state index contributed by atoms with van der Waals surface area (Å²) in [6, 6.07) is 16.5. The van der Waals surface area contributed by atoms with Gasteiger partial charge in [0, 0.05) is 53.9 Å². The Balaban J connectivity index is 1.39. The monoisotopic (exact) mass is 876 g/mol. The van der Waals surface area contributed by atoms with Crippen molar-refractivity contribution in [3.8, 4) is 28.4 Å². The van der Waals surface area contributed by atoms with E-state index in [2.05, 4.69) is 10.6 Å². The number of carbonyl (C=O) groups excluding carboxylic acids is 2. The highest BCUT2D eigenvalue weighted by molar-refractivity contribution is 8.76. The lowest BCUT2D eigenvalue weighted by Gasteiger charge is -2.38. The van der Waals surface area contributed by atoms with Crippen LogP contribution in [0.2, 0.25) is 0 Å². The number of ether oxygens (including phenoxy) is 2. The smallest absolute Gasteiger partial charge is 0.168 e. The van der Waals surface area contributed by atoms with Crippen LogP contribution in [0.5, 0.6) is 17.2 Å². The zero-order valence-corrected chi connectivity index (χ0v) is 36.7. The van der Waals surface area contributed by atoms with Crippen LogP contribution in [-0.4, -0.2) is 93.1 Å². The average molecular weight is 877 g/mol. The van der Waals surface area contributed by atoms with Crippen molar-refractivity contribution in [1.82, 2.24) is 5.32 Å². The number of benzene rings is 4. The van der Waals surface area contributed by atoms with Crippen LogP contribution in [0.4, 0.5) is 5.69 Å². The third-order valence-electron chi connectivity index (χ3n) is 11.8. The van der Waals surface area contributed by atoms with E-state index >= 15 is 0 Å². The first-order valence-corrected chi connectivity index (χ1v) is 23.7. The van der Waals surface area contributed by atoms with Gasteiger partial charge in [-0.3, -0.25) is 14.9 Å². The molecule has 2 aliphatic heterocycles.